The van der Waals surface area contributed by atoms with Gasteiger partial charge in [-0.1, -0.05) is 12.1 Å². The van der Waals surface area contributed by atoms with E-state index in [9.17, 15) is 14.3 Å². The van der Waals surface area contributed by atoms with Gasteiger partial charge in [0.2, 0.25) is 0 Å². The molecule has 0 aliphatic heterocycles. The number of carbonyl (C=O) groups is 1. The Morgan fingerprint density at radius 2 is 2.05 bits per heavy atom. The van der Waals surface area contributed by atoms with Crippen LogP contribution in [0.3, 0.4) is 0 Å². The number of benzene rings is 2. The number of hydrogen-bond acceptors (Lipinski definition) is 3. The van der Waals surface area contributed by atoms with Crippen LogP contribution in [0.5, 0.6) is 0 Å². The van der Waals surface area contributed by atoms with Gasteiger partial charge in [0.1, 0.15) is 23.8 Å². The van der Waals surface area contributed by atoms with Crippen molar-refractivity contribution in [2.45, 2.75) is 0 Å². The molecule has 0 saturated carbocycles. The zero-order valence-corrected chi connectivity index (χ0v) is 10.6. The van der Waals surface area contributed by atoms with Gasteiger partial charge in [-0.3, -0.25) is 4.57 Å². The van der Waals surface area contributed by atoms with Crippen molar-refractivity contribution >= 4 is 17.0 Å². The molecule has 1 N–H and O–H groups in total. The minimum Gasteiger partial charge on any atom is -0.478 e. The van der Waals surface area contributed by atoms with Gasteiger partial charge in [-0.25, -0.2) is 14.2 Å². The molecule has 0 bridgehead atoms. The number of fused-ring (bicyclic) bond motifs is 1. The third-order valence-corrected chi connectivity index (χ3v) is 3.16. The highest BCUT2D eigenvalue weighted by Crippen LogP contribution is 2.25. The predicted octanol–water partition coefficient (Wildman–Crippen LogP) is 2.73. The van der Waals surface area contributed by atoms with Crippen LogP contribution in [0.2, 0.25) is 0 Å². The number of hydrogen-bond donors (Lipinski definition) is 1. The largest absolute Gasteiger partial charge is 0.478 e. The van der Waals surface area contributed by atoms with E-state index in [2.05, 4.69) is 4.98 Å². The van der Waals surface area contributed by atoms with E-state index in [1.165, 1.54) is 29.1 Å². The molecule has 3 aromatic rings. The van der Waals surface area contributed by atoms with Crippen molar-refractivity contribution in [1.29, 1.82) is 5.26 Å². The van der Waals surface area contributed by atoms with Crippen molar-refractivity contribution in [3.63, 3.8) is 0 Å². The summed E-state index contributed by atoms with van der Waals surface area (Å²) in [4.78, 5) is 15.4. The van der Waals surface area contributed by atoms with Crippen molar-refractivity contribution in [1.82, 2.24) is 9.55 Å². The molecule has 0 atom stereocenters. The molecule has 5 nitrogen and oxygen atoms in total. The average Bonchev–Trinajstić information content (AvgIpc) is 2.90. The van der Waals surface area contributed by atoms with Crippen LogP contribution in [-0.4, -0.2) is 20.6 Å². The Kier molecular flexibility index (Phi) is 2.88. The zero-order valence-electron chi connectivity index (χ0n) is 10.6. The normalized spacial score (nSPS) is 10.5. The lowest BCUT2D eigenvalue weighted by atomic mass is 10.1. The third kappa shape index (κ3) is 1.92. The third-order valence-electron chi connectivity index (χ3n) is 3.16. The fourth-order valence-corrected chi connectivity index (χ4v) is 2.25. The van der Waals surface area contributed by atoms with Gasteiger partial charge in [0.25, 0.3) is 0 Å². The van der Waals surface area contributed by atoms with Gasteiger partial charge >= 0.3 is 5.97 Å². The van der Waals surface area contributed by atoms with E-state index in [0.29, 0.717) is 11.0 Å². The summed E-state index contributed by atoms with van der Waals surface area (Å²) >= 11 is 0. The molecule has 0 spiro atoms. The van der Waals surface area contributed by atoms with Crippen molar-refractivity contribution in [2.24, 2.45) is 0 Å². The summed E-state index contributed by atoms with van der Waals surface area (Å²) in [6.07, 6.45) is 1.38. The summed E-state index contributed by atoms with van der Waals surface area (Å²) in [5, 5.41) is 18.4. The first-order chi connectivity index (χ1) is 10.1. The second kappa shape index (κ2) is 4.72. The van der Waals surface area contributed by atoms with Crippen LogP contribution in [0.25, 0.3) is 16.7 Å². The van der Waals surface area contributed by atoms with Crippen molar-refractivity contribution in [2.75, 3.05) is 0 Å². The minimum absolute atomic E-state index is 0.0400. The minimum atomic E-state index is -1.11. The number of aromatic nitrogens is 2. The Bertz CT molecular complexity index is 909. The van der Waals surface area contributed by atoms with E-state index >= 15 is 0 Å². The highest BCUT2D eigenvalue weighted by molar-refractivity contribution is 6.01. The van der Waals surface area contributed by atoms with Gasteiger partial charge < -0.3 is 5.11 Å². The predicted molar refractivity (Wildman–Crippen MR) is 72.7 cm³/mol. The topological polar surface area (TPSA) is 78.9 Å². The van der Waals surface area contributed by atoms with E-state index in [-0.39, 0.29) is 16.8 Å². The summed E-state index contributed by atoms with van der Waals surface area (Å²) < 4.78 is 15.1. The fourth-order valence-electron chi connectivity index (χ4n) is 2.25. The molecular weight excluding hydrogens is 273 g/mol. The monoisotopic (exact) mass is 281 g/mol. The summed E-state index contributed by atoms with van der Waals surface area (Å²) in [5.74, 6) is -1.78. The molecule has 0 amide bonds. The maximum Gasteiger partial charge on any atom is 0.337 e. The van der Waals surface area contributed by atoms with Gasteiger partial charge in [0, 0.05) is 0 Å². The quantitative estimate of drug-likeness (QED) is 0.783. The Labute approximate surface area is 118 Å². The molecule has 0 aliphatic carbocycles. The number of aromatic carboxylic acids is 1. The van der Waals surface area contributed by atoms with E-state index in [1.54, 1.807) is 24.3 Å². The summed E-state index contributed by atoms with van der Waals surface area (Å²) in [7, 11) is 0. The van der Waals surface area contributed by atoms with E-state index in [0.717, 1.165) is 0 Å². The molecule has 21 heavy (non-hydrogen) atoms. The molecule has 6 heteroatoms. The highest BCUT2D eigenvalue weighted by atomic mass is 19.1. The number of carboxylic acid groups (broad SMARTS) is 1. The van der Waals surface area contributed by atoms with Crippen molar-refractivity contribution in [3.05, 3.63) is 59.7 Å². The Morgan fingerprint density at radius 1 is 1.29 bits per heavy atom. The molecule has 0 unspecified atom stereocenters. The SMILES string of the molecule is N#Cc1c(F)cccc1-n1cnc2cccc(C(=O)O)c21. The molecule has 2 aromatic carbocycles. The maximum absolute atomic E-state index is 13.7. The van der Waals surface area contributed by atoms with Crippen LogP contribution in [0.4, 0.5) is 4.39 Å². The van der Waals surface area contributed by atoms with Gasteiger partial charge in [0.05, 0.1) is 22.3 Å². The first-order valence-electron chi connectivity index (χ1n) is 6.02. The summed E-state index contributed by atoms with van der Waals surface area (Å²) in [5.41, 5.74) is 0.930. The Hall–Kier alpha value is -3.20. The van der Waals surface area contributed by atoms with E-state index < -0.39 is 11.8 Å². The second-order valence-corrected chi connectivity index (χ2v) is 4.34. The first kappa shape index (κ1) is 12.8. The Morgan fingerprint density at radius 3 is 2.76 bits per heavy atom. The van der Waals surface area contributed by atoms with Gasteiger partial charge in [-0.15, -0.1) is 0 Å². The molecule has 0 saturated heterocycles. The molecule has 102 valence electrons. The number of carboxylic acids is 1. The number of para-hydroxylation sites is 1. The number of nitriles is 1. The number of halogens is 1. The highest BCUT2D eigenvalue weighted by Gasteiger charge is 2.17. The van der Waals surface area contributed by atoms with Crippen LogP contribution in [0.1, 0.15) is 15.9 Å². The van der Waals surface area contributed by atoms with Gasteiger partial charge in [0.15, 0.2) is 0 Å². The van der Waals surface area contributed by atoms with Crippen molar-refractivity contribution < 1.29 is 14.3 Å². The van der Waals surface area contributed by atoms with Crippen LogP contribution in [0, 0.1) is 17.1 Å². The fraction of sp³-hybridized carbons (Fsp3) is 0. The van der Waals surface area contributed by atoms with Crippen LogP contribution >= 0.6 is 0 Å². The molecule has 1 heterocycles. The van der Waals surface area contributed by atoms with E-state index in [1.807, 2.05) is 0 Å². The van der Waals surface area contributed by atoms with Gasteiger partial charge in [-0.2, -0.15) is 5.26 Å². The molecule has 0 fully saturated rings. The summed E-state index contributed by atoms with van der Waals surface area (Å²) in [6.45, 7) is 0. The summed E-state index contributed by atoms with van der Waals surface area (Å²) in [6, 6.07) is 10.7. The van der Waals surface area contributed by atoms with Crippen LogP contribution < -0.4 is 0 Å². The molecular formula is C15H8FN3O2. The number of imidazole rings is 1. The van der Waals surface area contributed by atoms with Crippen LogP contribution in [0.15, 0.2) is 42.7 Å². The van der Waals surface area contributed by atoms with E-state index in [4.69, 9.17) is 5.26 Å². The standard InChI is InChI=1S/C15H8FN3O2/c16-11-4-2-6-13(10(11)7-17)19-8-18-12-5-1-3-9(14(12)19)15(20)21/h1-6,8H,(H,20,21). The second-order valence-electron chi connectivity index (χ2n) is 4.34. The lowest BCUT2D eigenvalue weighted by Crippen LogP contribution is -2.03. The zero-order chi connectivity index (χ0) is 15.0. The molecule has 0 aliphatic rings. The number of rotatable bonds is 2. The van der Waals surface area contributed by atoms with Crippen molar-refractivity contribution in [3.8, 4) is 11.8 Å². The molecule has 3 rings (SSSR count). The molecule has 0 radical (unpaired) electrons. The Balaban J connectivity index is 2.40. The smallest absolute Gasteiger partial charge is 0.337 e. The maximum atomic E-state index is 13.7. The lowest BCUT2D eigenvalue weighted by Gasteiger charge is -2.08. The van der Waals surface area contributed by atoms with Gasteiger partial charge in [-0.05, 0) is 24.3 Å². The van der Waals surface area contributed by atoms with Crippen LogP contribution in [-0.2, 0) is 0 Å². The first-order valence-corrected chi connectivity index (χ1v) is 6.02. The lowest BCUT2D eigenvalue weighted by molar-refractivity contribution is 0.0698. The average molecular weight is 281 g/mol. The molecule has 1 aromatic heterocycles. The number of nitrogens with zero attached hydrogens (tertiary/aromatic N) is 3.